The van der Waals surface area contributed by atoms with Crippen LogP contribution < -0.4 is 5.73 Å². The van der Waals surface area contributed by atoms with Crippen LogP contribution in [-0.2, 0) is 10.2 Å². The highest BCUT2D eigenvalue weighted by Crippen LogP contribution is 2.52. The van der Waals surface area contributed by atoms with Crippen molar-refractivity contribution >= 4 is 11.5 Å². The Balaban J connectivity index is 1.77. The van der Waals surface area contributed by atoms with Gasteiger partial charge in [0.05, 0.1) is 5.41 Å². The summed E-state index contributed by atoms with van der Waals surface area (Å²) in [6.07, 6.45) is 6.68. The summed E-state index contributed by atoms with van der Waals surface area (Å²) in [7, 11) is 0. The van der Waals surface area contributed by atoms with Gasteiger partial charge in [-0.3, -0.25) is 4.79 Å². The minimum Gasteiger partial charge on any atom is -0.399 e. The molecule has 2 heteroatoms. The van der Waals surface area contributed by atoms with E-state index in [-0.39, 0.29) is 5.41 Å². The molecule has 3 rings (SSSR count). The van der Waals surface area contributed by atoms with Crippen molar-refractivity contribution in [3.63, 3.8) is 0 Å². The van der Waals surface area contributed by atoms with Crippen LogP contribution in [0.3, 0.4) is 0 Å². The summed E-state index contributed by atoms with van der Waals surface area (Å²) in [5.74, 6) is 1.61. The van der Waals surface area contributed by atoms with Crippen LogP contribution >= 0.6 is 0 Å². The Hall–Kier alpha value is -1.31. The van der Waals surface area contributed by atoms with Crippen molar-refractivity contribution in [3.8, 4) is 0 Å². The van der Waals surface area contributed by atoms with Crippen LogP contribution in [0, 0.1) is 11.8 Å². The van der Waals surface area contributed by atoms with Crippen molar-refractivity contribution in [1.82, 2.24) is 0 Å². The molecular formula is C17H23NO. The number of ketones is 1. The zero-order chi connectivity index (χ0) is 13.5. The molecule has 1 aromatic carbocycles. The van der Waals surface area contributed by atoms with Gasteiger partial charge < -0.3 is 5.73 Å². The van der Waals surface area contributed by atoms with E-state index < -0.39 is 0 Å². The van der Waals surface area contributed by atoms with Gasteiger partial charge in [-0.05, 0) is 49.3 Å². The molecule has 0 radical (unpaired) electrons. The third kappa shape index (κ3) is 2.29. The first kappa shape index (κ1) is 12.7. The Kier molecular flexibility index (Phi) is 3.12. The number of hydrogen-bond acceptors (Lipinski definition) is 2. The van der Waals surface area contributed by atoms with Gasteiger partial charge in [0, 0.05) is 11.6 Å². The summed E-state index contributed by atoms with van der Waals surface area (Å²) in [6.45, 7) is 2.30. The Morgan fingerprint density at radius 2 is 1.68 bits per heavy atom. The number of nitrogens with two attached hydrogens (primary N) is 1. The van der Waals surface area contributed by atoms with Gasteiger partial charge in [-0.25, -0.2) is 0 Å². The van der Waals surface area contributed by atoms with Crippen molar-refractivity contribution < 1.29 is 4.79 Å². The molecule has 2 nitrogen and oxygen atoms in total. The lowest BCUT2D eigenvalue weighted by atomic mass is 9.75. The molecule has 0 spiro atoms. The fourth-order valence-electron chi connectivity index (χ4n) is 3.52. The van der Waals surface area contributed by atoms with Gasteiger partial charge in [-0.15, -0.1) is 0 Å². The maximum Gasteiger partial charge on any atom is 0.146 e. The minimum absolute atomic E-state index is 0.154. The van der Waals surface area contributed by atoms with E-state index in [1.165, 1.54) is 18.4 Å². The number of carbonyl (C=O) groups excluding carboxylic acids is 1. The van der Waals surface area contributed by atoms with Crippen LogP contribution in [0.4, 0.5) is 5.69 Å². The lowest BCUT2D eigenvalue weighted by Crippen LogP contribution is -2.31. The number of nitrogen functional groups attached to an aromatic ring is 1. The smallest absolute Gasteiger partial charge is 0.146 e. The molecular weight excluding hydrogens is 234 g/mol. The molecule has 2 saturated carbocycles. The summed E-state index contributed by atoms with van der Waals surface area (Å²) in [4.78, 5) is 12.8. The molecule has 0 saturated heterocycles. The topological polar surface area (TPSA) is 43.1 Å². The zero-order valence-electron chi connectivity index (χ0n) is 11.7. The van der Waals surface area contributed by atoms with E-state index in [0.717, 1.165) is 37.3 Å². The average Bonchev–Trinajstić information content (AvgIpc) is 3.21. The summed E-state index contributed by atoms with van der Waals surface area (Å²) >= 11 is 0. The van der Waals surface area contributed by atoms with Gasteiger partial charge in [-0.2, -0.15) is 0 Å². The van der Waals surface area contributed by atoms with Gasteiger partial charge in [0.2, 0.25) is 0 Å². The second-order valence-corrected chi connectivity index (χ2v) is 6.53. The van der Waals surface area contributed by atoms with E-state index >= 15 is 0 Å². The fourth-order valence-corrected chi connectivity index (χ4v) is 3.52. The summed E-state index contributed by atoms with van der Waals surface area (Å²) in [5.41, 5.74) is 7.55. The monoisotopic (exact) mass is 257 g/mol. The van der Waals surface area contributed by atoms with Crippen LogP contribution in [0.5, 0.6) is 0 Å². The number of anilines is 1. The van der Waals surface area contributed by atoms with Crippen LogP contribution in [0.25, 0.3) is 0 Å². The second-order valence-electron chi connectivity index (χ2n) is 6.53. The van der Waals surface area contributed by atoms with Gasteiger partial charge in [-0.1, -0.05) is 31.9 Å². The Morgan fingerprint density at radius 1 is 1.11 bits per heavy atom. The molecule has 19 heavy (non-hydrogen) atoms. The average molecular weight is 257 g/mol. The van der Waals surface area contributed by atoms with E-state index in [2.05, 4.69) is 6.92 Å². The maximum atomic E-state index is 12.8. The third-order valence-electron chi connectivity index (χ3n) is 5.07. The number of hydrogen-bond donors (Lipinski definition) is 1. The van der Waals surface area contributed by atoms with E-state index in [1.807, 2.05) is 24.3 Å². The van der Waals surface area contributed by atoms with Gasteiger partial charge in [0.25, 0.3) is 0 Å². The molecule has 2 fully saturated rings. The van der Waals surface area contributed by atoms with Gasteiger partial charge in [0.15, 0.2) is 0 Å². The van der Waals surface area contributed by atoms with Crippen molar-refractivity contribution in [3.05, 3.63) is 29.8 Å². The molecule has 2 aliphatic rings. The fraction of sp³-hybridized carbons (Fsp3) is 0.588. The van der Waals surface area contributed by atoms with E-state index in [4.69, 9.17) is 5.73 Å². The lowest BCUT2D eigenvalue weighted by molar-refractivity contribution is -0.126. The number of rotatable bonds is 3. The molecule has 102 valence electrons. The van der Waals surface area contributed by atoms with Crippen LogP contribution in [0.15, 0.2) is 24.3 Å². The van der Waals surface area contributed by atoms with E-state index in [1.54, 1.807) is 0 Å². The third-order valence-corrected chi connectivity index (χ3v) is 5.07. The van der Waals surface area contributed by atoms with Crippen LogP contribution in [-0.4, -0.2) is 5.78 Å². The summed E-state index contributed by atoms with van der Waals surface area (Å²) in [5, 5.41) is 0. The predicted octanol–water partition coefficient (Wildman–Crippen LogP) is 3.70. The second kappa shape index (κ2) is 4.66. The van der Waals surface area contributed by atoms with Crippen molar-refractivity contribution in [2.24, 2.45) is 11.8 Å². The Labute approximate surface area is 115 Å². The SMILES string of the molecule is CC1CCC(C(=O)C2(c3ccc(N)cc3)CC2)CC1. The number of benzene rings is 1. The quantitative estimate of drug-likeness (QED) is 0.839. The van der Waals surface area contributed by atoms with Crippen LogP contribution in [0.2, 0.25) is 0 Å². The maximum absolute atomic E-state index is 12.8. The summed E-state index contributed by atoms with van der Waals surface area (Å²) in [6, 6.07) is 7.94. The molecule has 0 heterocycles. The Morgan fingerprint density at radius 3 is 2.21 bits per heavy atom. The summed E-state index contributed by atoms with van der Waals surface area (Å²) < 4.78 is 0. The van der Waals surface area contributed by atoms with Crippen molar-refractivity contribution in [1.29, 1.82) is 0 Å². The molecule has 0 amide bonds. The molecule has 2 N–H and O–H groups in total. The molecule has 0 bridgehead atoms. The Bertz CT molecular complexity index is 465. The van der Waals surface area contributed by atoms with E-state index in [9.17, 15) is 4.79 Å². The molecule has 0 aliphatic heterocycles. The largest absolute Gasteiger partial charge is 0.399 e. The number of carbonyl (C=O) groups is 1. The first-order valence-corrected chi connectivity index (χ1v) is 7.52. The van der Waals surface area contributed by atoms with E-state index in [0.29, 0.717) is 11.7 Å². The van der Waals surface area contributed by atoms with Crippen molar-refractivity contribution in [2.75, 3.05) is 5.73 Å². The van der Waals surface area contributed by atoms with Crippen molar-refractivity contribution in [2.45, 2.75) is 50.9 Å². The highest BCUT2D eigenvalue weighted by molar-refractivity contribution is 5.95. The van der Waals surface area contributed by atoms with Crippen LogP contribution in [0.1, 0.15) is 51.0 Å². The first-order chi connectivity index (χ1) is 9.12. The standard InChI is InChI=1S/C17H23NO/c1-12-2-4-13(5-3-12)16(19)17(10-11-17)14-6-8-15(18)9-7-14/h6-9,12-13H,2-5,10-11,18H2,1H3. The highest BCUT2D eigenvalue weighted by Gasteiger charge is 2.52. The number of Topliss-reactive ketones (excluding diaryl/α,β-unsaturated/α-hetero) is 1. The molecule has 0 atom stereocenters. The zero-order valence-corrected chi connectivity index (χ0v) is 11.7. The lowest BCUT2D eigenvalue weighted by Gasteiger charge is -2.28. The molecule has 0 aromatic heterocycles. The molecule has 2 aliphatic carbocycles. The normalized spacial score (nSPS) is 28.9. The van der Waals surface area contributed by atoms with Gasteiger partial charge >= 0.3 is 0 Å². The van der Waals surface area contributed by atoms with Gasteiger partial charge in [0.1, 0.15) is 5.78 Å². The first-order valence-electron chi connectivity index (χ1n) is 7.52. The molecule has 0 unspecified atom stereocenters. The molecule has 1 aromatic rings. The highest BCUT2D eigenvalue weighted by atomic mass is 16.1. The predicted molar refractivity (Wildman–Crippen MR) is 77.9 cm³/mol. The minimum atomic E-state index is -0.154.